The summed E-state index contributed by atoms with van der Waals surface area (Å²) in [7, 11) is 4.71. The van der Waals surface area contributed by atoms with Crippen LogP contribution in [-0.2, 0) is 45.1 Å². The lowest BCUT2D eigenvalue weighted by molar-refractivity contribution is -0.119. The Kier molecular flexibility index (Phi) is 15.6. The normalized spacial score (nSPS) is 16.2. The molecule has 4 aliphatic heterocycles. The van der Waals surface area contributed by atoms with Gasteiger partial charge in [0.1, 0.15) is 13.2 Å². The van der Waals surface area contributed by atoms with Gasteiger partial charge in [0.05, 0.1) is 81.8 Å². The number of rotatable bonds is 22. The van der Waals surface area contributed by atoms with E-state index in [9.17, 15) is 14.4 Å². The van der Waals surface area contributed by atoms with Gasteiger partial charge < -0.3 is 38.1 Å². The van der Waals surface area contributed by atoms with Gasteiger partial charge in [-0.3, -0.25) is 34.2 Å². The average molecular weight is 996 g/mol. The number of hydrogen-bond acceptors (Lipinski definition) is 13. The summed E-state index contributed by atoms with van der Waals surface area (Å²) < 4.78 is 41.4. The predicted octanol–water partition coefficient (Wildman–Crippen LogP) is 9.37. The molecule has 2 atom stereocenters. The third-order valence-electron chi connectivity index (χ3n) is 13.5. The summed E-state index contributed by atoms with van der Waals surface area (Å²) in [6.07, 6.45) is 8.03. The molecule has 4 heterocycles. The van der Waals surface area contributed by atoms with Crippen LogP contribution < -0.4 is 33.6 Å². The summed E-state index contributed by atoms with van der Waals surface area (Å²) in [4.78, 5) is 57.7. The summed E-state index contributed by atoms with van der Waals surface area (Å²) in [5, 5.41) is 0. The molecule has 0 saturated carbocycles. The second-order valence-electron chi connectivity index (χ2n) is 18.6. The van der Waals surface area contributed by atoms with Crippen LogP contribution in [-0.4, -0.2) is 114 Å². The fraction of sp³-hybridized carbons (Fsp3) is 0.375. The van der Waals surface area contributed by atoms with Crippen LogP contribution in [0.25, 0.3) is 0 Å². The van der Waals surface area contributed by atoms with Crippen molar-refractivity contribution in [3.05, 3.63) is 124 Å². The molecule has 9 rings (SSSR count). The largest absolute Gasteiger partial charge is 0.493 e. The number of thioether (sulfide) groups is 1. The molecule has 0 radical (unpaired) electrons. The monoisotopic (exact) mass is 995 g/mol. The van der Waals surface area contributed by atoms with Crippen LogP contribution in [0.4, 0.5) is 28.4 Å². The lowest BCUT2D eigenvalue weighted by Crippen LogP contribution is -2.37. The molecular formula is C56H61N5O10S. The zero-order valence-electron chi connectivity index (χ0n) is 41.7. The number of nitrogens with zero attached hydrogens (tertiary/aromatic N) is 5. The number of para-hydroxylation sites is 2. The lowest BCUT2D eigenvalue weighted by Gasteiger charge is -2.27. The fourth-order valence-corrected chi connectivity index (χ4v) is 9.73. The number of aliphatic imine (C=N–C) groups is 2. The van der Waals surface area contributed by atoms with E-state index in [0.29, 0.717) is 103 Å². The Labute approximate surface area is 425 Å². The number of benzene rings is 5. The quantitative estimate of drug-likeness (QED) is 0.0611. The van der Waals surface area contributed by atoms with E-state index in [1.807, 2.05) is 79.2 Å². The van der Waals surface area contributed by atoms with Gasteiger partial charge in [-0.05, 0) is 77.4 Å². The van der Waals surface area contributed by atoms with Crippen molar-refractivity contribution in [2.45, 2.75) is 69.6 Å². The van der Waals surface area contributed by atoms with Crippen molar-refractivity contribution >= 4 is 70.3 Å². The standard InChI is InChI=1S/C56H61N5O10S/c1-56(2,72-6)16-15-53(62)59(17-18-68-21-22-69-20-19-65-3)40-24-36(34-70-51-30-45-43(28-49(51)66-4)54(63)60-41(32-57-45)26-38-11-7-9-13-47(38)60)23-37(25-40)35-71-52-31-46-44(29-50(52)67-5)55(64)61-42(33-58-46)27-39-12-8-10-14-48(39)61/h7-14,23-25,28-33,41-42H,15-22,26-27,34-35H2,1-6H3/t41-,42-/m0/s1. The maximum Gasteiger partial charge on any atom is 0.261 e. The van der Waals surface area contributed by atoms with Gasteiger partial charge in [-0.25, -0.2) is 0 Å². The zero-order valence-corrected chi connectivity index (χ0v) is 42.5. The fourth-order valence-electron chi connectivity index (χ4n) is 9.43. The molecule has 72 heavy (non-hydrogen) atoms. The molecular weight excluding hydrogens is 935 g/mol. The molecule has 0 fully saturated rings. The number of anilines is 3. The molecule has 0 unspecified atom stereocenters. The van der Waals surface area contributed by atoms with E-state index in [1.54, 1.807) is 72.1 Å². The minimum Gasteiger partial charge on any atom is -0.493 e. The Morgan fingerprint density at radius 2 is 1.17 bits per heavy atom. The zero-order chi connectivity index (χ0) is 50.4. The van der Waals surface area contributed by atoms with Crippen LogP contribution in [0, 0.1) is 0 Å². The average Bonchev–Trinajstić information content (AvgIpc) is 3.89. The van der Waals surface area contributed by atoms with Crippen molar-refractivity contribution in [2.75, 3.05) is 81.9 Å². The molecule has 4 aliphatic rings. The maximum absolute atomic E-state index is 14.4. The van der Waals surface area contributed by atoms with E-state index in [-0.39, 0.29) is 60.9 Å². The van der Waals surface area contributed by atoms with Gasteiger partial charge in [-0.2, -0.15) is 11.8 Å². The highest BCUT2D eigenvalue weighted by atomic mass is 32.2. The van der Waals surface area contributed by atoms with Gasteiger partial charge in [0.25, 0.3) is 11.8 Å². The number of methoxy groups -OCH3 is 3. The highest BCUT2D eigenvalue weighted by molar-refractivity contribution is 7.99. The lowest BCUT2D eigenvalue weighted by atomic mass is 10.1. The third-order valence-corrected chi connectivity index (χ3v) is 14.8. The molecule has 3 amide bonds. The molecule has 0 N–H and O–H groups in total. The smallest absolute Gasteiger partial charge is 0.261 e. The number of ether oxygens (including phenoxy) is 7. The Hall–Kier alpha value is -6.72. The molecule has 0 aliphatic carbocycles. The van der Waals surface area contributed by atoms with Gasteiger partial charge in [0.2, 0.25) is 5.91 Å². The van der Waals surface area contributed by atoms with Crippen LogP contribution in [0.2, 0.25) is 0 Å². The van der Waals surface area contributed by atoms with Crippen LogP contribution in [0.3, 0.4) is 0 Å². The summed E-state index contributed by atoms with van der Waals surface area (Å²) in [5.74, 6) is 1.16. The predicted molar refractivity (Wildman–Crippen MR) is 282 cm³/mol. The van der Waals surface area contributed by atoms with E-state index >= 15 is 0 Å². The number of amides is 3. The summed E-state index contributed by atoms with van der Waals surface area (Å²) in [6, 6.07) is 28.1. The minimum atomic E-state index is -0.213. The number of carbonyl (C=O) groups excluding carboxylic acids is 3. The van der Waals surface area contributed by atoms with E-state index in [2.05, 4.69) is 20.1 Å². The molecule has 0 saturated heterocycles. The Morgan fingerprint density at radius 1 is 0.667 bits per heavy atom. The summed E-state index contributed by atoms with van der Waals surface area (Å²) in [5.41, 5.74) is 7.83. The third kappa shape index (κ3) is 10.9. The van der Waals surface area contributed by atoms with Crippen molar-refractivity contribution in [1.29, 1.82) is 0 Å². The van der Waals surface area contributed by atoms with Crippen LogP contribution in [0.15, 0.2) is 101 Å². The van der Waals surface area contributed by atoms with E-state index in [0.717, 1.165) is 33.6 Å². The Morgan fingerprint density at radius 3 is 1.67 bits per heavy atom. The highest BCUT2D eigenvalue weighted by Gasteiger charge is 2.38. The first-order chi connectivity index (χ1) is 35.0. The van der Waals surface area contributed by atoms with Crippen molar-refractivity contribution in [2.24, 2.45) is 9.98 Å². The van der Waals surface area contributed by atoms with Gasteiger partial charge >= 0.3 is 0 Å². The van der Waals surface area contributed by atoms with Gasteiger partial charge in [-0.15, -0.1) is 0 Å². The second kappa shape index (κ2) is 22.4. The van der Waals surface area contributed by atoms with Gasteiger partial charge in [0.15, 0.2) is 23.0 Å². The van der Waals surface area contributed by atoms with Crippen molar-refractivity contribution in [3.63, 3.8) is 0 Å². The first-order valence-corrected chi connectivity index (χ1v) is 25.4. The number of fused-ring (bicyclic) bond motifs is 8. The number of carbonyl (C=O) groups is 3. The van der Waals surface area contributed by atoms with Crippen LogP contribution >= 0.6 is 11.8 Å². The second-order valence-corrected chi connectivity index (χ2v) is 20.1. The topological polar surface area (TPSA) is 150 Å². The van der Waals surface area contributed by atoms with Crippen LogP contribution in [0.5, 0.6) is 23.0 Å². The van der Waals surface area contributed by atoms with E-state index < -0.39 is 0 Å². The first kappa shape index (κ1) is 50.2. The summed E-state index contributed by atoms with van der Waals surface area (Å²) >= 11 is 1.72. The van der Waals surface area contributed by atoms with E-state index in [1.165, 1.54) is 0 Å². The highest BCUT2D eigenvalue weighted by Crippen LogP contribution is 2.43. The maximum atomic E-state index is 14.4. The molecule has 0 aromatic heterocycles. The number of hydrogen-bond donors (Lipinski definition) is 0. The van der Waals surface area contributed by atoms with E-state index in [4.69, 9.17) is 43.1 Å². The van der Waals surface area contributed by atoms with Crippen molar-refractivity contribution in [1.82, 2.24) is 0 Å². The molecule has 5 aromatic carbocycles. The molecule has 0 bridgehead atoms. The first-order valence-electron chi connectivity index (χ1n) is 24.2. The molecule has 16 heteroatoms. The van der Waals surface area contributed by atoms with Crippen LogP contribution in [0.1, 0.15) is 69.7 Å². The molecule has 5 aromatic rings. The molecule has 376 valence electrons. The Balaban J connectivity index is 1.01. The molecule has 0 spiro atoms. The summed E-state index contributed by atoms with van der Waals surface area (Å²) in [6.45, 7) is 6.64. The van der Waals surface area contributed by atoms with Crippen molar-refractivity contribution in [3.8, 4) is 23.0 Å². The minimum absolute atomic E-state index is 0.0573. The Bertz CT molecular complexity index is 2730. The van der Waals surface area contributed by atoms with Crippen molar-refractivity contribution < 1.29 is 47.5 Å². The molecule has 15 nitrogen and oxygen atoms in total. The van der Waals surface area contributed by atoms with Gasteiger partial charge in [0, 0.05) is 79.3 Å². The SMILES string of the molecule is COCCOCCOCCN(C(=O)CCC(C)(C)SC)c1cc(COc2cc3c(cc2OC)C(=O)N2c4ccccc4C[C@H]2C=N3)cc(COc2cc3c(cc2OC)C(=O)N2c4ccccc4C[C@H]2C=N3)c1. The van der Waals surface area contributed by atoms with Gasteiger partial charge in [-0.1, -0.05) is 50.2 Å².